The molecule has 1 fully saturated rings. The van der Waals surface area contributed by atoms with Crippen LogP contribution in [0, 0.1) is 0 Å². The second kappa shape index (κ2) is 6.89. The summed E-state index contributed by atoms with van der Waals surface area (Å²) < 4.78 is 5.93. The molecule has 1 aromatic rings. The van der Waals surface area contributed by atoms with E-state index in [9.17, 15) is 4.79 Å². The van der Waals surface area contributed by atoms with Crippen molar-refractivity contribution in [2.75, 3.05) is 12.3 Å². The van der Waals surface area contributed by atoms with Crippen molar-refractivity contribution in [1.82, 2.24) is 10.3 Å². The molecule has 1 aliphatic rings. The normalized spacial score (nSPS) is 21.0. The minimum atomic E-state index is -0.0738. The Kier molecular flexibility index (Phi) is 5.17. The molecular formula is C16H25N3O2. The van der Waals surface area contributed by atoms with Crippen molar-refractivity contribution >= 4 is 11.6 Å². The number of nitrogen functional groups attached to an aromatic ring is 1. The molecule has 2 heterocycles. The van der Waals surface area contributed by atoms with E-state index in [-0.39, 0.29) is 17.6 Å². The maximum Gasteiger partial charge on any atom is 0.226 e. The quantitative estimate of drug-likeness (QED) is 0.870. The van der Waals surface area contributed by atoms with Crippen LogP contribution in [0.2, 0.25) is 0 Å². The van der Waals surface area contributed by atoms with E-state index in [0.717, 1.165) is 31.4 Å². The van der Waals surface area contributed by atoms with Crippen molar-refractivity contribution in [1.29, 1.82) is 0 Å². The van der Waals surface area contributed by atoms with E-state index in [4.69, 9.17) is 10.5 Å². The number of nitrogens with zero attached hydrogens (tertiary/aromatic N) is 1. The van der Waals surface area contributed by atoms with Gasteiger partial charge in [-0.25, -0.2) is 0 Å². The van der Waals surface area contributed by atoms with Crippen LogP contribution in [0.3, 0.4) is 0 Å². The molecule has 116 valence electrons. The average molecular weight is 291 g/mol. The molecule has 21 heavy (non-hydrogen) atoms. The number of amides is 1. The number of hydrogen-bond donors (Lipinski definition) is 2. The third kappa shape index (κ3) is 4.17. The summed E-state index contributed by atoms with van der Waals surface area (Å²) in [7, 11) is 0. The predicted molar refractivity (Wildman–Crippen MR) is 82.8 cm³/mol. The van der Waals surface area contributed by atoms with Gasteiger partial charge in [0.1, 0.15) is 0 Å². The summed E-state index contributed by atoms with van der Waals surface area (Å²) in [6.07, 6.45) is 5.60. The second-order valence-corrected chi connectivity index (χ2v) is 5.76. The number of carbonyl (C=O) groups excluding carboxylic acids is 1. The van der Waals surface area contributed by atoms with Crippen LogP contribution in [-0.4, -0.2) is 29.1 Å². The van der Waals surface area contributed by atoms with Gasteiger partial charge in [0.25, 0.3) is 0 Å². The Morgan fingerprint density at radius 1 is 1.48 bits per heavy atom. The first-order valence-corrected chi connectivity index (χ1v) is 7.70. The summed E-state index contributed by atoms with van der Waals surface area (Å²) in [5.41, 5.74) is 6.87. The molecule has 0 aliphatic carbocycles. The maximum atomic E-state index is 12.1. The Labute approximate surface area is 126 Å². The van der Waals surface area contributed by atoms with Gasteiger partial charge in [0.15, 0.2) is 0 Å². The SMILES string of the molecule is CCC1(CC)CC(NC(=O)Cc2ccc(N)cn2)CCO1. The number of nitrogens with two attached hydrogens (primary N) is 1. The van der Waals surface area contributed by atoms with Gasteiger partial charge >= 0.3 is 0 Å². The minimum absolute atomic E-state index is 0.0141. The summed E-state index contributed by atoms with van der Waals surface area (Å²) in [5.74, 6) is 0.0141. The van der Waals surface area contributed by atoms with Gasteiger partial charge in [-0.2, -0.15) is 0 Å². The first-order valence-electron chi connectivity index (χ1n) is 7.70. The Balaban J connectivity index is 1.88. The Bertz CT molecular complexity index is 469. The zero-order valence-electron chi connectivity index (χ0n) is 12.9. The molecule has 0 radical (unpaired) electrons. The molecule has 2 rings (SSSR count). The minimum Gasteiger partial charge on any atom is -0.397 e. The smallest absolute Gasteiger partial charge is 0.226 e. The lowest BCUT2D eigenvalue weighted by Gasteiger charge is -2.40. The average Bonchev–Trinajstić information content (AvgIpc) is 2.49. The Morgan fingerprint density at radius 3 is 2.86 bits per heavy atom. The molecule has 3 N–H and O–H groups in total. The lowest BCUT2D eigenvalue weighted by atomic mass is 9.86. The summed E-state index contributed by atoms with van der Waals surface area (Å²) >= 11 is 0. The fourth-order valence-electron chi connectivity index (χ4n) is 2.88. The molecule has 0 spiro atoms. The van der Waals surface area contributed by atoms with E-state index in [1.165, 1.54) is 0 Å². The standard InChI is InChI=1S/C16H25N3O2/c1-3-16(4-2)10-14(7-8-21-16)19-15(20)9-13-6-5-12(17)11-18-13/h5-6,11,14H,3-4,7-10,17H2,1-2H3,(H,19,20). The lowest BCUT2D eigenvalue weighted by Crippen LogP contribution is -2.48. The van der Waals surface area contributed by atoms with E-state index in [2.05, 4.69) is 24.1 Å². The number of aromatic nitrogens is 1. The highest BCUT2D eigenvalue weighted by atomic mass is 16.5. The lowest BCUT2D eigenvalue weighted by molar-refractivity contribution is -0.125. The number of pyridine rings is 1. The van der Waals surface area contributed by atoms with Gasteiger partial charge in [-0.1, -0.05) is 13.8 Å². The summed E-state index contributed by atoms with van der Waals surface area (Å²) in [5, 5.41) is 3.12. The molecular weight excluding hydrogens is 266 g/mol. The summed E-state index contributed by atoms with van der Waals surface area (Å²) in [6, 6.07) is 3.75. The van der Waals surface area contributed by atoms with Crippen LogP contribution in [0.4, 0.5) is 5.69 Å². The largest absolute Gasteiger partial charge is 0.397 e. The van der Waals surface area contributed by atoms with E-state index >= 15 is 0 Å². The van der Waals surface area contributed by atoms with Gasteiger partial charge in [-0.15, -0.1) is 0 Å². The molecule has 1 atom stereocenters. The summed E-state index contributed by atoms with van der Waals surface area (Å²) in [6.45, 7) is 5.00. The van der Waals surface area contributed by atoms with E-state index in [1.54, 1.807) is 18.3 Å². The molecule has 1 saturated heterocycles. The number of ether oxygens (including phenoxy) is 1. The van der Waals surface area contributed by atoms with Crippen LogP contribution < -0.4 is 11.1 Å². The predicted octanol–water partition coefficient (Wildman–Crippen LogP) is 2.06. The van der Waals surface area contributed by atoms with Crippen LogP contribution in [-0.2, 0) is 16.0 Å². The van der Waals surface area contributed by atoms with Crippen LogP contribution in [0.5, 0.6) is 0 Å². The van der Waals surface area contributed by atoms with Crippen molar-refractivity contribution in [2.24, 2.45) is 0 Å². The molecule has 5 nitrogen and oxygen atoms in total. The fourth-order valence-corrected chi connectivity index (χ4v) is 2.88. The number of nitrogens with one attached hydrogen (secondary N) is 1. The van der Waals surface area contributed by atoms with E-state index in [1.807, 2.05) is 0 Å². The Hall–Kier alpha value is -1.62. The first kappa shape index (κ1) is 15.8. The molecule has 1 aliphatic heterocycles. The molecule has 5 heteroatoms. The van der Waals surface area contributed by atoms with Crippen LogP contribution in [0.25, 0.3) is 0 Å². The van der Waals surface area contributed by atoms with Crippen molar-refractivity contribution in [3.63, 3.8) is 0 Å². The van der Waals surface area contributed by atoms with E-state index in [0.29, 0.717) is 18.7 Å². The molecule has 1 unspecified atom stereocenters. The van der Waals surface area contributed by atoms with Gasteiger partial charge in [0, 0.05) is 18.3 Å². The number of hydrogen-bond acceptors (Lipinski definition) is 4. The maximum absolute atomic E-state index is 12.1. The van der Waals surface area contributed by atoms with Crippen molar-refractivity contribution < 1.29 is 9.53 Å². The van der Waals surface area contributed by atoms with Gasteiger partial charge in [-0.05, 0) is 37.8 Å². The zero-order chi connectivity index (χ0) is 15.3. The molecule has 1 amide bonds. The van der Waals surface area contributed by atoms with Gasteiger partial charge in [0.2, 0.25) is 5.91 Å². The van der Waals surface area contributed by atoms with Gasteiger partial charge < -0.3 is 15.8 Å². The van der Waals surface area contributed by atoms with Gasteiger partial charge in [0.05, 0.1) is 23.9 Å². The third-order valence-electron chi connectivity index (χ3n) is 4.34. The Morgan fingerprint density at radius 2 is 2.24 bits per heavy atom. The van der Waals surface area contributed by atoms with Crippen LogP contribution in [0.1, 0.15) is 45.2 Å². The third-order valence-corrected chi connectivity index (χ3v) is 4.34. The number of anilines is 1. The van der Waals surface area contributed by atoms with Crippen molar-refractivity contribution in [3.05, 3.63) is 24.0 Å². The zero-order valence-corrected chi connectivity index (χ0v) is 12.9. The molecule has 0 saturated carbocycles. The highest BCUT2D eigenvalue weighted by molar-refractivity contribution is 5.78. The van der Waals surface area contributed by atoms with E-state index < -0.39 is 0 Å². The molecule has 0 bridgehead atoms. The van der Waals surface area contributed by atoms with Crippen LogP contribution in [0.15, 0.2) is 18.3 Å². The molecule has 1 aromatic heterocycles. The monoisotopic (exact) mass is 291 g/mol. The number of carbonyl (C=O) groups is 1. The van der Waals surface area contributed by atoms with Crippen LogP contribution >= 0.6 is 0 Å². The highest BCUT2D eigenvalue weighted by Gasteiger charge is 2.34. The molecule has 0 aromatic carbocycles. The summed E-state index contributed by atoms with van der Waals surface area (Å²) in [4.78, 5) is 16.3. The first-order chi connectivity index (χ1) is 10.1. The highest BCUT2D eigenvalue weighted by Crippen LogP contribution is 2.31. The van der Waals surface area contributed by atoms with Crippen molar-refractivity contribution in [2.45, 2.75) is 57.6 Å². The van der Waals surface area contributed by atoms with Crippen molar-refractivity contribution in [3.8, 4) is 0 Å². The van der Waals surface area contributed by atoms with Gasteiger partial charge in [-0.3, -0.25) is 9.78 Å². The second-order valence-electron chi connectivity index (χ2n) is 5.76. The topological polar surface area (TPSA) is 77.2 Å². The number of rotatable bonds is 5. The fraction of sp³-hybridized carbons (Fsp3) is 0.625.